The zero-order chi connectivity index (χ0) is 13.0. The maximum Gasteiger partial charge on any atom is 0.257 e. The highest BCUT2D eigenvalue weighted by Gasteiger charge is 2.09. The topological polar surface area (TPSA) is 74.2 Å². The number of hydrogen-bond acceptors (Lipinski definition) is 5. The van der Waals surface area contributed by atoms with E-state index in [2.05, 4.69) is 10.1 Å². The van der Waals surface area contributed by atoms with Crippen LogP contribution in [-0.4, -0.2) is 23.4 Å². The maximum absolute atomic E-state index is 5.85. The lowest BCUT2D eigenvalue weighted by atomic mass is 10.1. The molecule has 96 valence electrons. The van der Waals surface area contributed by atoms with Gasteiger partial charge in [0.25, 0.3) is 5.89 Å². The molecule has 18 heavy (non-hydrogen) atoms. The molecular weight excluding hydrogens is 230 g/mol. The quantitative estimate of drug-likeness (QED) is 0.647. The number of rotatable bonds is 5. The second kappa shape index (κ2) is 5.64. The summed E-state index contributed by atoms with van der Waals surface area (Å²) in [6.45, 7) is 5.21. The van der Waals surface area contributed by atoms with Gasteiger partial charge in [0.15, 0.2) is 5.82 Å². The van der Waals surface area contributed by atoms with Gasteiger partial charge in [0.2, 0.25) is 0 Å². The molecule has 0 spiro atoms. The number of nitrogens with two attached hydrogens (primary N) is 1. The van der Waals surface area contributed by atoms with E-state index < -0.39 is 0 Å². The minimum absolute atomic E-state index is 0.494. The number of benzene rings is 1. The zero-order valence-corrected chi connectivity index (χ0v) is 10.6. The SMILES string of the molecule is CCOCCc1noc(-c2ccc(C)c(N)c2)n1. The molecule has 1 aromatic heterocycles. The van der Waals surface area contributed by atoms with Crippen molar-refractivity contribution in [3.63, 3.8) is 0 Å². The van der Waals surface area contributed by atoms with Crippen molar-refractivity contribution in [2.45, 2.75) is 20.3 Å². The van der Waals surface area contributed by atoms with Gasteiger partial charge in [-0.05, 0) is 31.5 Å². The summed E-state index contributed by atoms with van der Waals surface area (Å²) >= 11 is 0. The molecule has 2 aromatic rings. The van der Waals surface area contributed by atoms with Gasteiger partial charge in [-0.25, -0.2) is 0 Å². The molecule has 5 nitrogen and oxygen atoms in total. The number of hydrogen-bond donors (Lipinski definition) is 1. The van der Waals surface area contributed by atoms with Crippen LogP contribution >= 0.6 is 0 Å². The Balaban J connectivity index is 2.11. The van der Waals surface area contributed by atoms with Crippen molar-refractivity contribution < 1.29 is 9.26 Å². The first kappa shape index (κ1) is 12.6. The highest BCUT2D eigenvalue weighted by Crippen LogP contribution is 2.22. The summed E-state index contributed by atoms with van der Waals surface area (Å²) in [6, 6.07) is 5.70. The van der Waals surface area contributed by atoms with Crippen molar-refractivity contribution in [2.75, 3.05) is 18.9 Å². The lowest BCUT2D eigenvalue weighted by molar-refractivity contribution is 0.149. The lowest BCUT2D eigenvalue weighted by Crippen LogP contribution is -1.99. The van der Waals surface area contributed by atoms with Gasteiger partial charge in [-0.15, -0.1) is 0 Å². The minimum Gasteiger partial charge on any atom is -0.398 e. The molecule has 1 heterocycles. The Bertz CT molecular complexity index is 523. The lowest BCUT2D eigenvalue weighted by Gasteiger charge is -2.00. The maximum atomic E-state index is 5.85. The Labute approximate surface area is 106 Å². The predicted molar refractivity (Wildman–Crippen MR) is 69.1 cm³/mol. The van der Waals surface area contributed by atoms with E-state index in [4.69, 9.17) is 15.0 Å². The summed E-state index contributed by atoms with van der Waals surface area (Å²) in [4.78, 5) is 4.31. The molecule has 2 rings (SSSR count). The van der Waals surface area contributed by atoms with Crippen molar-refractivity contribution in [2.24, 2.45) is 0 Å². The summed E-state index contributed by atoms with van der Waals surface area (Å²) in [7, 11) is 0. The van der Waals surface area contributed by atoms with Crippen molar-refractivity contribution in [3.05, 3.63) is 29.6 Å². The van der Waals surface area contributed by atoms with Crippen LogP contribution in [0.3, 0.4) is 0 Å². The van der Waals surface area contributed by atoms with E-state index >= 15 is 0 Å². The predicted octanol–water partition coefficient (Wildman–Crippen LogP) is 2.21. The van der Waals surface area contributed by atoms with Crippen LogP contribution in [0.5, 0.6) is 0 Å². The van der Waals surface area contributed by atoms with Gasteiger partial charge in [0, 0.05) is 24.3 Å². The number of ether oxygens (including phenoxy) is 1. The van der Waals surface area contributed by atoms with Crippen LogP contribution in [0.4, 0.5) is 5.69 Å². The minimum atomic E-state index is 0.494. The second-order valence-electron chi connectivity index (χ2n) is 4.03. The summed E-state index contributed by atoms with van der Waals surface area (Å²) in [5.41, 5.74) is 8.45. The van der Waals surface area contributed by atoms with Crippen LogP contribution in [0.2, 0.25) is 0 Å². The third-order valence-electron chi connectivity index (χ3n) is 2.67. The first-order chi connectivity index (χ1) is 8.70. The molecule has 5 heteroatoms. The van der Waals surface area contributed by atoms with Crippen LogP contribution in [0.25, 0.3) is 11.5 Å². The van der Waals surface area contributed by atoms with E-state index in [1.807, 2.05) is 32.0 Å². The van der Waals surface area contributed by atoms with Crippen LogP contribution in [-0.2, 0) is 11.2 Å². The number of aryl methyl sites for hydroxylation is 1. The smallest absolute Gasteiger partial charge is 0.257 e. The van der Waals surface area contributed by atoms with Gasteiger partial charge < -0.3 is 15.0 Å². The molecule has 0 atom stereocenters. The van der Waals surface area contributed by atoms with E-state index in [0.717, 1.165) is 16.8 Å². The van der Waals surface area contributed by atoms with Crippen molar-refractivity contribution in [1.29, 1.82) is 0 Å². The zero-order valence-electron chi connectivity index (χ0n) is 10.6. The van der Waals surface area contributed by atoms with Crippen molar-refractivity contribution >= 4 is 5.69 Å². The molecule has 0 aliphatic carbocycles. The highest BCUT2D eigenvalue weighted by molar-refractivity contribution is 5.62. The first-order valence-corrected chi connectivity index (χ1v) is 5.97. The fourth-order valence-corrected chi connectivity index (χ4v) is 1.55. The summed E-state index contributed by atoms with van der Waals surface area (Å²) in [6.07, 6.45) is 0.651. The molecule has 2 N–H and O–H groups in total. The molecule has 0 bridgehead atoms. The second-order valence-corrected chi connectivity index (χ2v) is 4.03. The number of nitrogens with zero attached hydrogens (tertiary/aromatic N) is 2. The van der Waals surface area contributed by atoms with E-state index in [9.17, 15) is 0 Å². The first-order valence-electron chi connectivity index (χ1n) is 5.97. The number of aromatic nitrogens is 2. The number of anilines is 1. The molecule has 0 radical (unpaired) electrons. The van der Waals surface area contributed by atoms with E-state index in [1.54, 1.807) is 0 Å². The van der Waals surface area contributed by atoms with Crippen molar-refractivity contribution in [3.8, 4) is 11.5 Å². The Hall–Kier alpha value is -1.88. The Kier molecular flexibility index (Phi) is 3.94. The van der Waals surface area contributed by atoms with Gasteiger partial charge in [-0.2, -0.15) is 4.98 Å². The van der Waals surface area contributed by atoms with Crippen LogP contribution in [0.1, 0.15) is 18.3 Å². The average molecular weight is 247 g/mol. The van der Waals surface area contributed by atoms with Gasteiger partial charge >= 0.3 is 0 Å². The molecular formula is C13H17N3O2. The van der Waals surface area contributed by atoms with E-state index in [1.165, 1.54) is 0 Å². The Morgan fingerprint density at radius 2 is 2.22 bits per heavy atom. The normalized spacial score (nSPS) is 10.8. The van der Waals surface area contributed by atoms with E-state index in [0.29, 0.717) is 31.3 Å². The molecule has 0 aliphatic rings. The monoisotopic (exact) mass is 247 g/mol. The van der Waals surface area contributed by atoms with Crippen LogP contribution in [0.15, 0.2) is 22.7 Å². The third kappa shape index (κ3) is 2.87. The molecule has 0 saturated heterocycles. The fourth-order valence-electron chi connectivity index (χ4n) is 1.55. The average Bonchev–Trinajstić information content (AvgIpc) is 2.82. The van der Waals surface area contributed by atoms with E-state index in [-0.39, 0.29) is 0 Å². The summed E-state index contributed by atoms with van der Waals surface area (Å²) < 4.78 is 10.4. The molecule has 0 amide bonds. The Morgan fingerprint density at radius 1 is 1.39 bits per heavy atom. The third-order valence-corrected chi connectivity index (χ3v) is 2.67. The van der Waals surface area contributed by atoms with Gasteiger partial charge in [0.1, 0.15) is 0 Å². The van der Waals surface area contributed by atoms with Crippen LogP contribution < -0.4 is 5.73 Å². The number of nitrogen functional groups attached to an aromatic ring is 1. The van der Waals surface area contributed by atoms with Gasteiger partial charge in [-0.1, -0.05) is 11.2 Å². The molecule has 1 aromatic carbocycles. The van der Waals surface area contributed by atoms with Gasteiger partial charge in [-0.3, -0.25) is 0 Å². The summed E-state index contributed by atoms with van der Waals surface area (Å²) in [5, 5.41) is 3.91. The highest BCUT2D eigenvalue weighted by atomic mass is 16.5. The molecule has 0 saturated carbocycles. The van der Waals surface area contributed by atoms with Crippen LogP contribution in [0, 0.1) is 6.92 Å². The standard InChI is InChI=1S/C13H17N3O2/c1-3-17-7-6-12-15-13(18-16-12)10-5-4-9(2)11(14)8-10/h4-5,8H,3,6-7,14H2,1-2H3. The fraction of sp³-hybridized carbons (Fsp3) is 0.385. The molecule has 0 aliphatic heterocycles. The molecule has 0 unspecified atom stereocenters. The van der Waals surface area contributed by atoms with Gasteiger partial charge in [0.05, 0.1) is 6.61 Å². The molecule has 0 fully saturated rings. The van der Waals surface area contributed by atoms with Crippen molar-refractivity contribution in [1.82, 2.24) is 10.1 Å². The summed E-state index contributed by atoms with van der Waals surface area (Å²) in [5.74, 6) is 1.14. The Morgan fingerprint density at radius 3 is 2.94 bits per heavy atom. The largest absolute Gasteiger partial charge is 0.398 e.